The van der Waals surface area contributed by atoms with E-state index in [0.29, 0.717) is 5.75 Å². The number of thiazole rings is 1. The van der Waals surface area contributed by atoms with Crippen LogP contribution in [0.3, 0.4) is 0 Å². The van der Waals surface area contributed by atoms with E-state index >= 15 is 0 Å². The Morgan fingerprint density at radius 3 is 2.74 bits per heavy atom. The summed E-state index contributed by atoms with van der Waals surface area (Å²) in [6.45, 7) is 4.18. The fraction of sp³-hybridized carbons (Fsp3) is 0.238. The van der Waals surface area contributed by atoms with Crippen LogP contribution in [-0.2, 0) is 16.8 Å². The molecule has 2 aromatic carbocycles. The predicted molar refractivity (Wildman–Crippen MR) is 105 cm³/mol. The molecule has 0 spiro atoms. The number of hydrogen-bond donors (Lipinski definition) is 1. The number of benzene rings is 2. The van der Waals surface area contributed by atoms with E-state index in [2.05, 4.69) is 10.3 Å². The van der Waals surface area contributed by atoms with Gasteiger partial charge in [0.1, 0.15) is 5.01 Å². The molecular weight excluding hydrogens is 360 g/mol. The Hall–Kier alpha value is -2.86. The van der Waals surface area contributed by atoms with Gasteiger partial charge in [-0.05, 0) is 31.5 Å². The summed E-state index contributed by atoms with van der Waals surface area (Å²) in [5, 5.41) is 5.96. The van der Waals surface area contributed by atoms with Crippen LogP contribution in [0.25, 0.3) is 10.6 Å². The van der Waals surface area contributed by atoms with Crippen LogP contribution in [0.5, 0.6) is 11.5 Å². The van der Waals surface area contributed by atoms with Crippen molar-refractivity contribution in [3.63, 3.8) is 0 Å². The summed E-state index contributed by atoms with van der Waals surface area (Å²) >= 11 is 1.55. The summed E-state index contributed by atoms with van der Waals surface area (Å²) in [5.74, 6) is 1.38. The van der Waals surface area contributed by atoms with Gasteiger partial charge in [-0.15, -0.1) is 11.3 Å². The first-order valence-corrected chi connectivity index (χ1v) is 9.60. The standard InChI is InChI=1S/C21H20N2O3S/c1-21(2,15-8-9-17-18(10-15)26-13-25-17)23-19(24)11-16-12-27-20(22-16)14-6-4-3-5-7-14/h3-10,12H,11,13H2,1-2H3,(H,23,24). The molecule has 5 nitrogen and oxygen atoms in total. The third-order valence-electron chi connectivity index (χ3n) is 4.46. The lowest BCUT2D eigenvalue weighted by atomic mass is 9.93. The molecule has 27 heavy (non-hydrogen) atoms. The molecule has 6 heteroatoms. The lowest BCUT2D eigenvalue weighted by Gasteiger charge is -2.27. The number of hydrogen-bond acceptors (Lipinski definition) is 5. The SMILES string of the molecule is CC(C)(NC(=O)Cc1csc(-c2ccccc2)n1)c1ccc2c(c1)OCO2. The second-order valence-electron chi connectivity index (χ2n) is 6.93. The maximum Gasteiger partial charge on any atom is 0.231 e. The Morgan fingerprint density at radius 2 is 1.93 bits per heavy atom. The van der Waals surface area contributed by atoms with Crippen molar-refractivity contribution in [1.29, 1.82) is 0 Å². The minimum atomic E-state index is -0.531. The molecule has 0 saturated carbocycles. The zero-order chi connectivity index (χ0) is 18.9. The zero-order valence-corrected chi connectivity index (χ0v) is 16.0. The molecule has 0 unspecified atom stereocenters. The maximum absolute atomic E-state index is 12.6. The predicted octanol–water partition coefficient (Wildman–Crippen LogP) is 4.13. The number of nitrogens with zero attached hydrogens (tertiary/aromatic N) is 1. The largest absolute Gasteiger partial charge is 0.454 e. The highest BCUT2D eigenvalue weighted by Gasteiger charge is 2.26. The summed E-state index contributed by atoms with van der Waals surface area (Å²) < 4.78 is 10.8. The molecule has 1 aliphatic heterocycles. The van der Waals surface area contributed by atoms with E-state index in [9.17, 15) is 4.79 Å². The van der Waals surface area contributed by atoms with Crippen molar-refractivity contribution in [2.75, 3.05) is 6.79 Å². The van der Waals surface area contributed by atoms with Gasteiger partial charge in [0.15, 0.2) is 11.5 Å². The molecule has 3 aromatic rings. The van der Waals surface area contributed by atoms with Gasteiger partial charge in [0.2, 0.25) is 12.7 Å². The molecule has 4 rings (SSSR count). The van der Waals surface area contributed by atoms with Crippen molar-refractivity contribution >= 4 is 17.2 Å². The van der Waals surface area contributed by atoms with Crippen LogP contribution < -0.4 is 14.8 Å². The van der Waals surface area contributed by atoms with Crippen molar-refractivity contribution in [3.05, 3.63) is 65.2 Å². The van der Waals surface area contributed by atoms with Gasteiger partial charge >= 0.3 is 0 Å². The Balaban J connectivity index is 1.44. The third-order valence-corrected chi connectivity index (χ3v) is 5.40. The van der Waals surface area contributed by atoms with E-state index in [0.717, 1.165) is 27.6 Å². The van der Waals surface area contributed by atoms with Crippen LogP contribution in [0.2, 0.25) is 0 Å². The van der Waals surface area contributed by atoms with Gasteiger partial charge in [-0.2, -0.15) is 0 Å². The summed E-state index contributed by atoms with van der Waals surface area (Å²) in [6, 6.07) is 15.7. The second kappa shape index (κ2) is 7.04. The number of aromatic nitrogens is 1. The second-order valence-corrected chi connectivity index (χ2v) is 7.79. The summed E-state index contributed by atoms with van der Waals surface area (Å²) in [6.07, 6.45) is 0.247. The van der Waals surface area contributed by atoms with Gasteiger partial charge in [-0.25, -0.2) is 4.98 Å². The summed E-state index contributed by atoms with van der Waals surface area (Å²) in [4.78, 5) is 17.2. The number of fused-ring (bicyclic) bond motifs is 1. The maximum atomic E-state index is 12.6. The molecule has 0 bridgehead atoms. The molecule has 138 valence electrons. The number of carbonyl (C=O) groups is 1. The van der Waals surface area contributed by atoms with Crippen molar-refractivity contribution in [2.45, 2.75) is 25.8 Å². The minimum absolute atomic E-state index is 0.0671. The van der Waals surface area contributed by atoms with Crippen LogP contribution in [-0.4, -0.2) is 17.7 Å². The normalized spacial score (nSPS) is 12.8. The molecule has 1 N–H and O–H groups in total. The molecule has 0 saturated heterocycles. The van der Waals surface area contributed by atoms with Crippen molar-refractivity contribution in [3.8, 4) is 22.1 Å². The molecule has 1 aliphatic rings. The van der Waals surface area contributed by atoms with Gasteiger partial charge in [0.25, 0.3) is 0 Å². The quantitative estimate of drug-likeness (QED) is 0.723. The Labute approximate surface area is 162 Å². The average Bonchev–Trinajstić information content (AvgIpc) is 3.30. The first-order valence-electron chi connectivity index (χ1n) is 8.72. The fourth-order valence-corrected chi connectivity index (χ4v) is 3.84. The molecular formula is C21H20N2O3S. The van der Waals surface area contributed by atoms with Gasteiger partial charge in [0.05, 0.1) is 17.7 Å². The highest BCUT2D eigenvalue weighted by molar-refractivity contribution is 7.13. The van der Waals surface area contributed by atoms with Crippen LogP contribution >= 0.6 is 11.3 Å². The minimum Gasteiger partial charge on any atom is -0.454 e. The highest BCUT2D eigenvalue weighted by Crippen LogP contribution is 2.35. The van der Waals surface area contributed by atoms with Gasteiger partial charge in [-0.1, -0.05) is 36.4 Å². The number of rotatable bonds is 5. The number of amides is 1. The van der Waals surface area contributed by atoms with Crippen LogP contribution in [0.15, 0.2) is 53.9 Å². The molecule has 0 aliphatic carbocycles. The van der Waals surface area contributed by atoms with Crippen LogP contribution in [0, 0.1) is 0 Å². The Bertz CT molecular complexity index is 967. The van der Waals surface area contributed by atoms with E-state index in [1.54, 1.807) is 11.3 Å². The molecule has 0 atom stereocenters. The molecule has 0 radical (unpaired) electrons. The fourth-order valence-electron chi connectivity index (χ4n) is 3.02. The first kappa shape index (κ1) is 17.5. The molecule has 2 heterocycles. The first-order chi connectivity index (χ1) is 13.0. The van der Waals surface area contributed by atoms with Crippen molar-refractivity contribution in [1.82, 2.24) is 10.3 Å². The van der Waals surface area contributed by atoms with E-state index < -0.39 is 5.54 Å². The number of ether oxygens (including phenoxy) is 2. The third kappa shape index (κ3) is 3.80. The van der Waals surface area contributed by atoms with E-state index in [-0.39, 0.29) is 19.1 Å². The van der Waals surface area contributed by atoms with E-state index in [1.165, 1.54) is 0 Å². The van der Waals surface area contributed by atoms with E-state index in [1.807, 2.05) is 67.8 Å². The monoisotopic (exact) mass is 380 g/mol. The van der Waals surface area contributed by atoms with Crippen LogP contribution in [0.4, 0.5) is 0 Å². The van der Waals surface area contributed by atoms with Gasteiger partial charge < -0.3 is 14.8 Å². The van der Waals surface area contributed by atoms with Gasteiger partial charge in [0, 0.05) is 10.9 Å². The van der Waals surface area contributed by atoms with Crippen molar-refractivity contribution in [2.24, 2.45) is 0 Å². The lowest BCUT2D eigenvalue weighted by Crippen LogP contribution is -2.41. The number of nitrogens with one attached hydrogen (secondary N) is 1. The number of carbonyl (C=O) groups excluding carboxylic acids is 1. The molecule has 1 aromatic heterocycles. The average molecular weight is 380 g/mol. The van der Waals surface area contributed by atoms with Crippen LogP contribution in [0.1, 0.15) is 25.1 Å². The van der Waals surface area contributed by atoms with Gasteiger partial charge in [-0.3, -0.25) is 4.79 Å². The van der Waals surface area contributed by atoms with E-state index in [4.69, 9.17) is 9.47 Å². The topological polar surface area (TPSA) is 60.5 Å². The summed E-state index contributed by atoms with van der Waals surface area (Å²) in [7, 11) is 0. The zero-order valence-electron chi connectivity index (χ0n) is 15.2. The summed E-state index contributed by atoms with van der Waals surface area (Å²) in [5.41, 5.74) is 2.27. The highest BCUT2D eigenvalue weighted by atomic mass is 32.1. The molecule has 0 fully saturated rings. The lowest BCUT2D eigenvalue weighted by molar-refractivity contribution is -0.122. The van der Waals surface area contributed by atoms with Crippen molar-refractivity contribution < 1.29 is 14.3 Å². The smallest absolute Gasteiger partial charge is 0.231 e. The Morgan fingerprint density at radius 1 is 1.15 bits per heavy atom. The molecule has 1 amide bonds. The Kier molecular flexibility index (Phi) is 4.58.